The van der Waals surface area contributed by atoms with Crippen molar-refractivity contribution in [3.8, 4) is 0 Å². The standard InChI is InChI=1S/C9H14N2/c1-3-9(10)8-4-7(2)5-11-6-8/h4-6,9H,3,10H2,1-2H3/t9-/m0/s1. The van der Waals surface area contributed by atoms with Crippen LogP contribution < -0.4 is 5.73 Å². The second-order valence-corrected chi connectivity index (χ2v) is 2.81. The molecule has 0 spiro atoms. The average molecular weight is 150 g/mol. The van der Waals surface area contributed by atoms with Crippen LogP contribution in [0.3, 0.4) is 0 Å². The Kier molecular flexibility index (Phi) is 2.60. The molecule has 0 aromatic carbocycles. The van der Waals surface area contributed by atoms with Gasteiger partial charge in [0.05, 0.1) is 0 Å². The van der Waals surface area contributed by atoms with E-state index in [2.05, 4.69) is 18.0 Å². The molecule has 1 aromatic rings. The molecule has 0 bridgehead atoms. The zero-order valence-corrected chi connectivity index (χ0v) is 7.04. The highest BCUT2D eigenvalue weighted by atomic mass is 14.7. The quantitative estimate of drug-likeness (QED) is 0.698. The second kappa shape index (κ2) is 3.49. The summed E-state index contributed by atoms with van der Waals surface area (Å²) in [6.45, 7) is 4.10. The maximum atomic E-state index is 5.82. The fourth-order valence-corrected chi connectivity index (χ4v) is 1.02. The SMILES string of the molecule is CC[C@H](N)c1cncc(C)c1. The molecule has 1 rings (SSSR count). The molecule has 1 heterocycles. The van der Waals surface area contributed by atoms with Crippen LogP contribution in [0.5, 0.6) is 0 Å². The van der Waals surface area contributed by atoms with E-state index in [0.717, 1.165) is 12.0 Å². The summed E-state index contributed by atoms with van der Waals surface area (Å²) in [6, 6.07) is 2.23. The molecular weight excluding hydrogens is 136 g/mol. The summed E-state index contributed by atoms with van der Waals surface area (Å²) in [5, 5.41) is 0. The normalized spacial score (nSPS) is 13.0. The Bertz CT molecular complexity index is 233. The molecule has 0 amide bonds. The first-order chi connectivity index (χ1) is 5.24. The summed E-state index contributed by atoms with van der Waals surface area (Å²) < 4.78 is 0. The van der Waals surface area contributed by atoms with Crippen LogP contribution in [-0.4, -0.2) is 4.98 Å². The Balaban J connectivity index is 2.86. The molecule has 0 radical (unpaired) electrons. The fourth-order valence-electron chi connectivity index (χ4n) is 1.02. The van der Waals surface area contributed by atoms with Gasteiger partial charge in [0.25, 0.3) is 0 Å². The molecule has 2 N–H and O–H groups in total. The maximum absolute atomic E-state index is 5.82. The topological polar surface area (TPSA) is 38.9 Å². The van der Waals surface area contributed by atoms with Gasteiger partial charge in [0.2, 0.25) is 0 Å². The molecule has 1 atom stereocenters. The van der Waals surface area contributed by atoms with E-state index in [9.17, 15) is 0 Å². The predicted molar refractivity (Wildman–Crippen MR) is 46.2 cm³/mol. The van der Waals surface area contributed by atoms with Gasteiger partial charge in [-0.1, -0.05) is 13.0 Å². The van der Waals surface area contributed by atoms with E-state index >= 15 is 0 Å². The molecule has 0 saturated heterocycles. The predicted octanol–water partition coefficient (Wildman–Crippen LogP) is 1.80. The average Bonchev–Trinajstić information content (AvgIpc) is 2.03. The summed E-state index contributed by atoms with van der Waals surface area (Å²) in [7, 11) is 0. The molecule has 0 saturated carbocycles. The maximum Gasteiger partial charge on any atom is 0.0315 e. The van der Waals surface area contributed by atoms with Gasteiger partial charge in [-0.3, -0.25) is 4.98 Å². The number of aryl methyl sites for hydroxylation is 1. The fraction of sp³-hybridized carbons (Fsp3) is 0.444. The minimum Gasteiger partial charge on any atom is -0.324 e. The molecule has 0 aliphatic rings. The van der Waals surface area contributed by atoms with E-state index in [4.69, 9.17) is 5.73 Å². The van der Waals surface area contributed by atoms with Crippen molar-refractivity contribution in [2.75, 3.05) is 0 Å². The summed E-state index contributed by atoms with van der Waals surface area (Å²) >= 11 is 0. The Morgan fingerprint density at radius 1 is 1.55 bits per heavy atom. The Morgan fingerprint density at radius 2 is 2.27 bits per heavy atom. The lowest BCUT2D eigenvalue weighted by atomic mass is 10.1. The van der Waals surface area contributed by atoms with Crippen LogP contribution in [0.25, 0.3) is 0 Å². The van der Waals surface area contributed by atoms with E-state index in [0.29, 0.717) is 0 Å². The Hall–Kier alpha value is -0.890. The van der Waals surface area contributed by atoms with Gasteiger partial charge >= 0.3 is 0 Å². The molecule has 2 heteroatoms. The third-order valence-electron chi connectivity index (χ3n) is 1.76. The van der Waals surface area contributed by atoms with Gasteiger partial charge in [0, 0.05) is 18.4 Å². The molecule has 60 valence electrons. The molecule has 11 heavy (non-hydrogen) atoms. The van der Waals surface area contributed by atoms with Gasteiger partial charge in [-0.05, 0) is 24.5 Å². The van der Waals surface area contributed by atoms with Crippen LogP contribution in [0.15, 0.2) is 18.5 Å². The first-order valence-corrected chi connectivity index (χ1v) is 3.91. The zero-order chi connectivity index (χ0) is 8.27. The highest BCUT2D eigenvalue weighted by Crippen LogP contribution is 2.12. The summed E-state index contributed by atoms with van der Waals surface area (Å²) in [5.74, 6) is 0. The van der Waals surface area contributed by atoms with Gasteiger partial charge in [0.1, 0.15) is 0 Å². The van der Waals surface area contributed by atoms with Crippen LogP contribution in [-0.2, 0) is 0 Å². The largest absolute Gasteiger partial charge is 0.324 e. The van der Waals surface area contributed by atoms with Crippen LogP contribution >= 0.6 is 0 Å². The molecule has 0 aliphatic heterocycles. The first kappa shape index (κ1) is 8.21. The molecule has 2 nitrogen and oxygen atoms in total. The van der Waals surface area contributed by atoms with Crippen molar-refractivity contribution in [2.45, 2.75) is 26.3 Å². The van der Waals surface area contributed by atoms with Crippen molar-refractivity contribution >= 4 is 0 Å². The Labute approximate surface area is 67.5 Å². The Morgan fingerprint density at radius 3 is 2.82 bits per heavy atom. The van der Waals surface area contributed by atoms with Crippen molar-refractivity contribution in [1.29, 1.82) is 0 Å². The zero-order valence-electron chi connectivity index (χ0n) is 7.04. The number of nitrogens with two attached hydrogens (primary N) is 1. The van der Waals surface area contributed by atoms with Crippen molar-refractivity contribution in [3.05, 3.63) is 29.6 Å². The van der Waals surface area contributed by atoms with E-state index < -0.39 is 0 Å². The van der Waals surface area contributed by atoms with E-state index in [1.54, 1.807) is 0 Å². The number of aromatic nitrogens is 1. The summed E-state index contributed by atoms with van der Waals surface area (Å²) in [5.41, 5.74) is 8.13. The van der Waals surface area contributed by atoms with Crippen LogP contribution in [0.4, 0.5) is 0 Å². The van der Waals surface area contributed by atoms with Gasteiger partial charge in [-0.15, -0.1) is 0 Å². The second-order valence-electron chi connectivity index (χ2n) is 2.81. The molecule has 0 aliphatic carbocycles. The smallest absolute Gasteiger partial charge is 0.0315 e. The van der Waals surface area contributed by atoms with Gasteiger partial charge in [0.15, 0.2) is 0 Å². The lowest BCUT2D eigenvalue weighted by Gasteiger charge is -2.08. The molecule has 0 fully saturated rings. The number of pyridine rings is 1. The van der Waals surface area contributed by atoms with Crippen molar-refractivity contribution < 1.29 is 0 Å². The van der Waals surface area contributed by atoms with E-state index in [1.165, 1.54) is 5.56 Å². The van der Waals surface area contributed by atoms with Gasteiger partial charge in [-0.2, -0.15) is 0 Å². The van der Waals surface area contributed by atoms with Gasteiger partial charge < -0.3 is 5.73 Å². The van der Waals surface area contributed by atoms with Crippen LogP contribution in [0.2, 0.25) is 0 Å². The molecule has 0 unspecified atom stereocenters. The van der Waals surface area contributed by atoms with Crippen LogP contribution in [0.1, 0.15) is 30.5 Å². The van der Waals surface area contributed by atoms with Crippen molar-refractivity contribution in [3.63, 3.8) is 0 Å². The highest BCUT2D eigenvalue weighted by Gasteiger charge is 2.01. The molecule has 1 aromatic heterocycles. The third kappa shape index (κ3) is 2.02. The lowest BCUT2D eigenvalue weighted by molar-refractivity contribution is 0.694. The van der Waals surface area contributed by atoms with E-state index in [1.807, 2.05) is 19.3 Å². The minimum atomic E-state index is 0.141. The van der Waals surface area contributed by atoms with Crippen molar-refractivity contribution in [1.82, 2.24) is 4.98 Å². The number of hydrogen-bond donors (Lipinski definition) is 1. The number of nitrogens with zero attached hydrogens (tertiary/aromatic N) is 1. The van der Waals surface area contributed by atoms with E-state index in [-0.39, 0.29) is 6.04 Å². The summed E-state index contributed by atoms with van der Waals surface area (Å²) in [6.07, 6.45) is 4.64. The first-order valence-electron chi connectivity index (χ1n) is 3.91. The van der Waals surface area contributed by atoms with Gasteiger partial charge in [-0.25, -0.2) is 0 Å². The third-order valence-corrected chi connectivity index (χ3v) is 1.76. The number of rotatable bonds is 2. The monoisotopic (exact) mass is 150 g/mol. The van der Waals surface area contributed by atoms with Crippen molar-refractivity contribution in [2.24, 2.45) is 5.73 Å². The molecular formula is C9H14N2. The number of hydrogen-bond acceptors (Lipinski definition) is 2. The minimum absolute atomic E-state index is 0.141. The van der Waals surface area contributed by atoms with Crippen LogP contribution in [0, 0.1) is 6.92 Å². The highest BCUT2D eigenvalue weighted by molar-refractivity contribution is 5.19. The lowest BCUT2D eigenvalue weighted by Crippen LogP contribution is -2.08. The summed E-state index contributed by atoms with van der Waals surface area (Å²) in [4.78, 5) is 4.07.